The zero-order valence-electron chi connectivity index (χ0n) is 14.0. The molecule has 2 rings (SSSR count). The second kappa shape index (κ2) is 8.11. The molecule has 2 aromatic rings. The normalized spacial score (nSPS) is 12.4. The number of nitro benzene ring substituents is 1. The molecule has 25 heavy (non-hydrogen) atoms. The lowest BCUT2D eigenvalue weighted by molar-refractivity contribution is -0.384. The first-order chi connectivity index (χ1) is 11.9. The van der Waals surface area contributed by atoms with Crippen LogP contribution in [0.5, 0.6) is 5.75 Å². The van der Waals surface area contributed by atoms with Crippen molar-refractivity contribution in [2.75, 3.05) is 26.6 Å². The lowest BCUT2D eigenvalue weighted by Gasteiger charge is -2.26. The van der Waals surface area contributed by atoms with Crippen molar-refractivity contribution < 1.29 is 23.3 Å². The van der Waals surface area contributed by atoms with Crippen LogP contribution >= 0.6 is 7.60 Å². The van der Waals surface area contributed by atoms with E-state index in [0.29, 0.717) is 17.0 Å². The fourth-order valence-corrected chi connectivity index (χ4v) is 3.70. The predicted molar refractivity (Wildman–Crippen MR) is 94.1 cm³/mol. The lowest BCUT2D eigenvalue weighted by atomic mass is 10.2. The van der Waals surface area contributed by atoms with Crippen LogP contribution in [-0.4, -0.2) is 26.3 Å². The molecule has 0 saturated heterocycles. The average molecular weight is 366 g/mol. The number of non-ortho nitro benzene ring substituents is 1. The van der Waals surface area contributed by atoms with Gasteiger partial charge in [0.1, 0.15) is 5.75 Å². The molecule has 134 valence electrons. The van der Waals surface area contributed by atoms with Crippen LogP contribution in [0.25, 0.3) is 0 Å². The second-order valence-corrected chi connectivity index (χ2v) is 7.36. The fourth-order valence-electron chi connectivity index (χ4n) is 2.28. The van der Waals surface area contributed by atoms with Crippen molar-refractivity contribution in [3.63, 3.8) is 0 Å². The van der Waals surface area contributed by atoms with Gasteiger partial charge < -0.3 is 19.1 Å². The van der Waals surface area contributed by atoms with Crippen molar-refractivity contribution in [2.24, 2.45) is 0 Å². The molecule has 0 aromatic heterocycles. The van der Waals surface area contributed by atoms with E-state index in [2.05, 4.69) is 5.32 Å². The van der Waals surface area contributed by atoms with Crippen molar-refractivity contribution in [3.05, 3.63) is 64.2 Å². The van der Waals surface area contributed by atoms with E-state index in [0.717, 1.165) is 0 Å². The molecule has 9 heteroatoms. The van der Waals surface area contributed by atoms with Gasteiger partial charge in [-0.25, -0.2) is 0 Å². The van der Waals surface area contributed by atoms with Gasteiger partial charge in [-0.2, -0.15) is 0 Å². The van der Waals surface area contributed by atoms with Gasteiger partial charge in [-0.1, -0.05) is 18.2 Å². The number of hydrogen-bond acceptors (Lipinski definition) is 7. The largest absolute Gasteiger partial charge is 0.497 e. The van der Waals surface area contributed by atoms with Gasteiger partial charge in [0, 0.05) is 32.0 Å². The highest BCUT2D eigenvalue weighted by molar-refractivity contribution is 7.54. The van der Waals surface area contributed by atoms with E-state index in [9.17, 15) is 14.7 Å². The Bertz CT molecular complexity index is 772. The number of ether oxygens (including phenoxy) is 1. The van der Waals surface area contributed by atoms with Gasteiger partial charge in [0.2, 0.25) is 0 Å². The van der Waals surface area contributed by atoms with Gasteiger partial charge in [-0.15, -0.1) is 0 Å². The number of methoxy groups -OCH3 is 1. The standard InChI is InChI=1S/C16H19N2O6P/c1-22-15-9-7-12(8-10-15)16(25(21,23-2)24-3)17-13-5-4-6-14(11-13)18(19)20/h4-11,16-17H,1-3H3. The summed E-state index contributed by atoms with van der Waals surface area (Å²) in [5.41, 5.74) is 0.965. The molecule has 0 aliphatic heterocycles. The maximum absolute atomic E-state index is 13.0. The Balaban J connectivity index is 2.42. The van der Waals surface area contributed by atoms with Crippen molar-refractivity contribution >= 4 is 19.0 Å². The first-order valence-corrected chi connectivity index (χ1v) is 8.91. The van der Waals surface area contributed by atoms with Crippen molar-refractivity contribution in [1.29, 1.82) is 0 Å². The number of anilines is 1. The Morgan fingerprint density at radius 2 is 1.72 bits per heavy atom. The van der Waals surface area contributed by atoms with Gasteiger partial charge in [-0.05, 0) is 23.8 Å². The quantitative estimate of drug-likeness (QED) is 0.424. The molecule has 1 N–H and O–H groups in total. The summed E-state index contributed by atoms with van der Waals surface area (Å²) < 4.78 is 28.3. The summed E-state index contributed by atoms with van der Waals surface area (Å²) in [5.74, 6) is -0.210. The summed E-state index contributed by atoms with van der Waals surface area (Å²) in [6, 6.07) is 12.8. The van der Waals surface area contributed by atoms with E-state index in [1.54, 1.807) is 37.4 Å². The summed E-state index contributed by atoms with van der Waals surface area (Å²) in [5, 5.41) is 14.0. The Morgan fingerprint density at radius 1 is 1.08 bits per heavy atom. The van der Waals surface area contributed by atoms with Crippen LogP contribution in [0.15, 0.2) is 48.5 Å². The minimum Gasteiger partial charge on any atom is -0.497 e. The number of nitrogens with zero attached hydrogens (tertiary/aromatic N) is 1. The zero-order chi connectivity index (χ0) is 18.4. The van der Waals surface area contributed by atoms with Crippen LogP contribution in [0, 0.1) is 10.1 Å². The highest BCUT2D eigenvalue weighted by Gasteiger charge is 2.35. The molecular formula is C16H19N2O6P. The van der Waals surface area contributed by atoms with E-state index < -0.39 is 18.3 Å². The highest BCUT2D eigenvalue weighted by atomic mass is 31.2. The fraction of sp³-hybridized carbons (Fsp3) is 0.250. The first kappa shape index (κ1) is 18.9. The molecular weight excluding hydrogens is 347 g/mol. The van der Waals surface area contributed by atoms with E-state index in [1.807, 2.05) is 0 Å². The summed E-state index contributed by atoms with van der Waals surface area (Å²) in [7, 11) is 0.557. The molecule has 1 atom stereocenters. The predicted octanol–water partition coefficient (Wildman–Crippen LogP) is 4.20. The third-order valence-electron chi connectivity index (χ3n) is 3.62. The third kappa shape index (κ3) is 4.36. The number of hydrogen-bond donors (Lipinski definition) is 1. The molecule has 1 unspecified atom stereocenters. The average Bonchev–Trinajstić information content (AvgIpc) is 2.66. The molecule has 0 radical (unpaired) electrons. The molecule has 0 amide bonds. The number of nitrogens with one attached hydrogen (secondary N) is 1. The smallest absolute Gasteiger partial charge is 0.356 e. The van der Waals surface area contributed by atoms with E-state index in [4.69, 9.17) is 13.8 Å². The Kier molecular flexibility index (Phi) is 6.14. The van der Waals surface area contributed by atoms with Crippen molar-refractivity contribution in [3.8, 4) is 5.75 Å². The number of rotatable bonds is 8. The Morgan fingerprint density at radius 3 is 2.24 bits per heavy atom. The Labute approximate surface area is 145 Å². The molecule has 0 aliphatic rings. The SMILES string of the molecule is COc1ccc(C(Nc2cccc([N+](=O)[O-])c2)P(=O)(OC)OC)cc1. The minimum absolute atomic E-state index is 0.0804. The summed E-state index contributed by atoms with van der Waals surface area (Å²) in [4.78, 5) is 10.4. The minimum atomic E-state index is -3.56. The van der Waals surface area contributed by atoms with Crippen LogP contribution in [0.3, 0.4) is 0 Å². The van der Waals surface area contributed by atoms with Gasteiger partial charge >= 0.3 is 7.60 Å². The van der Waals surface area contributed by atoms with Crippen LogP contribution in [0.1, 0.15) is 11.3 Å². The van der Waals surface area contributed by atoms with Crippen LogP contribution in [0.2, 0.25) is 0 Å². The molecule has 0 saturated carbocycles. The zero-order valence-corrected chi connectivity index (χ0v) is 14.9. The van der Waals surface area contributed by atoms with Crippen molar-refractivity contribution in [1.82, 2.24) is 0 Å². The van der Waals surface area contributed by atoms with Gasteiger partial charge in [0.15, 0.2) is 5.78 Å². The summed E-state index contributed by atoms with van der Waals surface area (Å²) in [6.45, 7) is 0. The van der Waals surface area contributed by atoms with E-state index >= 15 is 0 Å². The molecule has 0 fully saturated rings. The monoisotopic (exact) mass is 366 g/mol. The summed E-state index contributed by atoms with van der Waals surface area (Å²) in [6.07, 6.45) is 0. The molecule has 0 aliphatic carbocycles. The van der Waals surface area contributed by atoms with E-state index in [-0.39, 0.29) is 5.69 Å². The number of benzene rings is 2. The summed E-state index contributed by atoms with van der Waals surface area (Å²) >= 11 is 0. The molecule has 2 aromatic carbocycles. The van der Waals surface area contributed by atoms with Crippen LogP contribution < -0.4 is 10.1 Å². The van der Waals surface area contributed by atoms with Gasteiger partial charge in [-0.3, -0.25) is 14.7 Å². The second-order valence-electron chi connectivity index (χ2n) is 5.03. The lowest BCUT2D eigenvalue weighted by Crippen LogP contribution is -2.13. The maximum atomic E-state index is 13.0. The third-order valence-corrected chi connectivity index (χ3v) is 5.69. The van der Waals surface area contributed by atoms with E-state index in [1.165, 1.54) is 32.4 Å². The topological polar surface area (TPSA) is 99.9 Å². The van der Waals surface area contributed by atoms with Crippen LogP contribution in [-0.2, 0) is 13.6 Å². The van der Waals surface area contributed by atoms with Crippen LogP contribution in [0.4, 0.5) is 11.4 Å². The highest BCUT2D eigenvalue weighted by Crippen LogP contribution is 2.59. The van der Waals surface area contributed by atoms with Crippen molar-refractivity contribution in [2.45, 2.75) is 5.78 Å². The molecule has 0 bridgehead atoms. The molecule has 0 spiro atoms. The van der Waals surface area contributed by atoms with Gasteiger partial charge in [0.05, 0.1) is 12.0 Å². The Hall–Kier alpha value is -2.41. The molecule has 8 nitrogen and oxygen atoms in total. The first-order valence-electron chi connectivity index (χ1n) is 7.29. The molecule has 0 heterocycles. The number of nitro groups is 1. The van der Waals surface area contributed by atoms with Gasteiger partial charge in [0.25, 0.3) is 5.69 Å². The maximum Gasteiger partial charge on any atom is 0.356 e.